The summed E-state index contributed by atoms with van der Waals surface area (Å²) in [6, 6.07) is 54.4. The summed E-state index contributed by atoms with van der Waals surface area (Å²) in [7, 11) is 0. The normalized spacial score (nSPS) is 12.4. The molecule has 9 rings (SSSR count). The second-order valence-electron chi connectivity index (χ2n) is 21.4. The van der Waals surface area contributed by atoms with Crippen molar-refractivity contribution in [3.05, 3.63) is 180 Å². The van der Waals surface area contributed by atoms with E-state index in [0.717, 1.165) is 61.5 Å². The SMILES string of the molecule is CC(C)(C)c1cc(Oc2[c-]c3c(cc2)c2cc(-c4ccccc4)ccc2n3-c2cc(C(C)(C)C)ccn2)[c-]c(-n2[c-][n+](-c3cc(C(C)(C)C)cc(C(C)(C)C)c3)nc2-c2ccccc2)c1.[Pt]. The van der Waals surface area contributed by atoms with Crippen LogP contribution in [-0.2, 0) is 42.7 Å². The third-order valence-electron chi connectivity index (χ3n) is 12.3. The molecule has 0 aliphatic heterocycles. The number of benzene rings is 6. The van der Waals surface area contributed by atoms with Gasteiger partial charge in [0.15, 0.2) is 5.82 Å². The van der Waals surface area contributed by atoms with E-state index in [9.17, 15) is 0 Å². The monoisotopic (exact) mass is 1050 g/mol. The summed E-state index contributed by atoms with van der Waals surface area (Å²) < 4.78 is 13.0. The van der Waals surface area contributed by atoms with Gasteiger partial charge in [-0.15, -0.1) is 34.8 Å². The summed E-state index contributed by atoms with van der Waals surface area (Å²) in [5.74, 6) is 2.73. The van der Waals surface area contributed by atoms with Crippen LogP contribution in [0.1, 0.15) is 105 Å². The average Bonchev–Trinajstić information content (AvgIpc) is 3.86. The molecule has 0 aliphatic rings. The molecular weight excluding hydrogens is 990 g/mol. The van der Waals surface area contributed by atoms with E-state index in [-0.39, 0.29) is 42.7 Å². The first-order valence-corrected chi connectivity index (χ1v) is 22.7. The van der Waals surface area contributed by atoms with Crippen LogP contribution in [0.5, 0.6) is 11.5 Å². The molecular formula is C59H59N5OPt-2. The molecule has 0 radical (unpaired) electrons. The first-order chi connectivity index (χ1) is 30.7. The molecule has 66 heavy (non-hydrogen) atoms. The summed E-state index contributed by atoms with van der Waals surface area (Å²) in [6.07, 6.45) is 5.56. The van der Waals surface area contributed by atoms with Gasteiger partial charge in [-0.05, 0) is 73.1 Å². The standard InChI is InChI=1S/C59H59N5O.Pt/c1-56(2,3)42-27-28-60-54(35-42)64-52-26-23-41(39-19-15-13-16-20-39)29-51(52)50-25-24-48(37-53(50)64)65-49-34-45(59(10,11)12)31-46(36-49)62-38-63(61-55(62)40-21-17-14-18-22-40)47-32-43(57(4,5)6)30-44(33-47)58(7,8)9;/h13-35H,1-12H3;/q-2;. The molecule has 6 aromatic carbocycles. The van der Waals surface area contributed by atoms with Crippen molar-refractivity contribution in [2.24, 2.45) is 0 Å². The van der Waals surface area contributed by atoms with Crippen molar-refractivity contribution in [1.29, 1.82) is 0 Å². The summed E-state index contributed by atoms with van der Waals surface area (Å²) >= 11 is 0. The van der Waals surface area contributed by atoms with E-state index in [1.807, 2.05) is 39.7 Å². The van der Waals surface area contributed by atoms with E-state index in [4.69, 9.17) is 14.8 Å². The molecule has 0 amide bonds. The summed E-state index contributed by atoms with van der Waals surface area (Å²) in [5.41, 5.74) is 11.3. The second kappa shape index (κ2) is 17.3. The van der Waals surface area contributed by atoms with Crippen molar-refractivity contribution in [3.8, 4) is 51.2 Å². The largest absolute Gasteiger partial charge is 0.510 e. The van der Waals surface area contributed by atoms with E-state index >= 15 is 0 Å². The molecule has 0 N–H and O–H groups in total. The van der Waals surface area contributed by atoms with E-state index < -0.39 is 0 Å². The van der Waals surface area contributed by atoms with Gasteiger partial charge in [-0.1, -0.05) is 185 Å². The van der Waals surface area contributed by atoms with Gasteiger partial charge in [0.2, 0.25) is 0 Å². The maximum absolute atomic E-state index is 6.89. The van der Waals surface area contributed by atoms with Crippen LogP contribution in [0, 0.1) is 18.5 Å². The molecule has 6 nitrogen and oxygen atoms in total. The molecule has 3 aromatic heterocycles. The zero-order valence-corrected chi connectivity index (χ0v) is 42.5. The Bertz CT molecular complexity index is 3170. The van der Waals surface area contributed by atoms with Crippen molar-refractivity contribution in [1.82, 2.24) is 19.2 Å². The number of nitrogens with zero attached hydrogens (tertiary/aromatic N) is 5. The predicted octanol–water partition coefficient (Wildman–Crippen LogP) is 14.4. The van der Waals surface area contributed by atoms with Crippen LogP contribution in [0.25, 0.3) is 61.5 Å². The molecule has 0 saturated carbocycles. The van der Waals surface area contributed by atoms with Gasteiger partial charge in [-0.3, -0.25) is 0 Å². The van der Waals surface area contributed by atoms with Crippen molar-refractivity contribution < 1.29 is 30.5 Å². The van der Waals surface area contributed by atoms with Crippen LogP contribution in [0.3, 0.4) is 0 Å². The molecule has 0 bridgehead atoms. The molecule has 9 aromatic rings. The predicted molar refractivity (Wildman–Crippen MR) is 266 cm³/mol. The number of aromatic nitrogens is 5. The summed E-state index contributed by atoms with van der Waals surface area (Å²) in [6.45, 7) is 26.9. The second-order valence-corrected chi connectivity index (χ2v) is 21.4. The average molecular weight is 1050 g/mol. The minimum Gasteiger partial charge on any atom is -0.510 e. The number of hydrogen-bond acceptors (Lipinski definition) is 3. The van der Waals surface area contributed by atoms with E-state index in [1.165, 1.54) is 22.3 Å². The zero-order chi connectivity index (χ0) is 46.1. The molecule has 7 heteroatoms. The number of hydrogen-bond donors (Lipinski definition) is 0. The van der Waals surface area contributed by atoms with Crippen LogP contribution >= 0.6 is 0 Å². The van der Waals surface area contributed by atoms with Crippen LogP contribution in [0.4, 0.5) is 0 Å². The molecule has 0 atom stereocenters. The van der Waals surface area contributed by atoms with Crippen LogP contribution in [0.2, 0.25) is 0 Å². The summed E-state index contributed by atoms with van der Waals surface area (Å²) in [5, 5.41) is 7.45. The minimum atomic E-state index is -0.214. The third-order valence-corrected chi connectivity index (χ3v) is 12.3. The van der Waals surface area contributed by atoms with Gasteiger partial charge in [0.05, 0.1) is 5.69 Å². The van der Waals surface area contributed by atoms with Gasteiger partial charge >= 0.3 is 0 Å². The number of fused-ring (bicyclic) bond motifs is 3. The fraction of sp³-hybridized carbons (Fsp3) is 0.271. The Balaban J connectivity index is 0.00000592. The zero-order valence-electron chi connectivity index (χ0n) is 40.2. The molecule has 3 heterocycles. The van der Waals surface area contributed by atoms with Crippen molar-refractivity contribution in [3.63, 3.8) is 0 Å². The van der Waals surface area contributed by atoms with Crippen LogP contribution in [-0.4, -0.2) is 19.2 Å². The fourth-order valence-electron chi connectivity index (χ4n) is 8.26. The minimum absolute atomic E-state index is 0. The number of ether oxygens (including phenoxy) is 1. The maximum Gasteiger partial charge on any atom is 0.272 e. The van der Waals surface area contributed by atoms with E-state index in [1.54, 1.807) is 0 Å². The molecule has 0 saturated heterocycles. The van der Waals surface area contributed by atoms with E-state index in [2.05, 4.69) is 215 Å². The molecule has 0 spiro atoms. The number of rotatable bonds is 7. The Labute approximate surface area is 405 Å². The van der Waals surface area contributed by atoms with Crippen molar-refractivity contribution in [2.75, 3.05) is 0 Å². The topological polar surface area (TPSA) is 48.8 Å². The Morgan fingerprint density at radius 3 is 1.74 bits per heavy atom. The first kappa shape index (κ1) is 46.4. The van der Waals surface area contributed by atoms with Gasteiger partial charge in [0.1, 0.15) is 5.82 Å². The van der Waals surface area contributed by atoms with Gasteiger partial charge in [-0.25, -0.2) is 4.98 Å². The molecule has 0 fully saturated rings. The Morgan fingerprint density at radius 2 is 1.12 bits per heavy atom. The van der Waals surface area contributed by atoms with Gasteiger partial charge < -0.3 is 13.9 Å². The summed E-state index contributed by atoms with van der Waals surface area (Å²) in [4.78, 5) is 4.95. The van der Waals surface area contributed by atoms with Crippen LogP contribution < -0.4 is 9.42 Å². The smallest absolute Gasteiger partial charge is 0.272 e. The molecule has 0 aliphatic carbocycles. The molecule has 0 unspecified atom stereocenters. The van der Waals surface area contributed by atoms with Crippen molar-refractivity contribution in [2.45, 2.75) is 105 Å². The van der Waals surface area contributed by atoms with Crippen molar-refractivity contribution >= 4 is 21.8 Å². The first-order valence-electron chi connectivity index (χ1n) is 22.7. The van der Waals surface area contributed by atoms with Gasteiger partial charge in [-0.2, -0.15) is 22.4 Å². The van der Waals surface area contributed by atoms with Crippen LogP contribution in [0.15, 0.2) is 140 Å². The van der Waals surface area contributed by atoms with E-state index in [0.29, 0.717) is 11.5 Å². The Hall–Kier alpha value is -6.10. The number of pyridine rings is 1. The Morgan fingerprint density at radius 1 is 0.515 bits per heavy atom. The third kappa shape index (κ3) is 9.31. The maximum atomic E-state index is 6.89. The quantitative estimate of drug-likeness (QED) is 0.118. The molecule has 338 valence electrons. The Kier molecular flexibility index (Phi) is 12.2. The van der Waals surface area contributed by atoms with Gasteiger partial charge in [0.25, 0.3) is 6.33 Å². The van der Waals surface area contributed by atoms with Gasteiger partial charge in [0, 0.05) is 49.8 Å². The fourth-order valence-corrected chi connectivity index (χ4v) is 8.26.